The largest absolute Gasteiger partial charge is 0.384 e. The van der Waals surface area contributed by atoms with Gasteiger partial charge in [0, 0.05) is 67.7 Å². The van der Waals surface area contributed by atoms with Gasteiger partial charge in [-0.25, -0.2) is 4.99 Å². The second-order valence-corrected chi connectivity index (χ2v) is 9.94. The van der Waals surface area contributed by atoms with E-state index in [1.165, 1.54) is 11.1 Å². The molecule has 0 bridgehead atoms. The minimum Gasteiger partial charge on any atom is -0.384 e. The van der Waals surface area contributed by atoms with Gasteiger partial charge in [-0.05, 0) is 64.8 Å². The Bertz CT molecular complexity index is 698. The van der Waals surface area contributed by atoms with Gasteiger partial charge < -0.3 is 5.73 Å². The van der Waals surface area contributed by atoms with E-state index in [1.807, 2.05) is 18.6 Å². The van der Waals surface area contributed by atoms with Crippen LogP contribution >= 0.6 is 0 Å². The number of pyridine rings is 1. The van der Waals surface area contributed by atoms with E-state index in [0.29, 0.717) is 17.7 Å². The van der Waals surface area contributed by atoms with Gasteiger partial charge >= 0.3 is 0 Å². The van der Waals surface area contributed by atoms with E-state index in [0.717, 1.165) is 26.2 Å². The molecule has 4 heterocycles. The SMILES string of the molecule is CC(C)(C)N1CC2C=NC(N)=CC2C1.CC(C)(C)N1Cc2ccncc2C1. The summed E-state index contributed by atoms with van der Waals surface area (Å²) in [5, 5.41) is 0. The Kier molecular flexibility index (Phi) is 5.46. The molecule has 27 heavy (non-hydrogen) atoms. The molecule has 0 aromatic carbocycles. The highest BCUT2D eigenvalue weighted by atomic mass is 15.2. The maximum Gasteiger partial charge on any atom is 0.119 e. The maximum atomic E-state index is 5.69. The Morgan fingerprint density at radius 2 is 1.56 bits per heavy atom. The van der Waals surface area contributed by atoms with Gasteiger partial charge in [0.05, 0.1) is 0 Å². The summed E-state index contributed by atoms with van der Waals surface area (Å²) in [4.78, 5) is 13.3. The summed E-state index contributed by atoms with van der Waals surface area (Å²) in [7, 11) is 0. The molecule has 0 amide bonds. The zero-order chi connectivity index (χ0) is 19.8. The van der Waals surface area contributed by atoms with E-state index in [1.54, 1.807) is 0 Å². The van der Waals surface area contributed by atoms with Crippen molar-refractivity contribution in [2.75, 3.05) is 13.1 Å². The summed E-state index contributed by atoms with van der Waals surface area (Å²) in [5.74, 6) is 1.83. The minimum absolute atomic E-state index is 0.258. The molecule has 1 saturated heterocycles. The van der Waals surface area contributed by atoms with Crippen molar-refractivity contribution in [2.24, 2.45) is 22.6 Å². The lowest BCUT2D eigenvalue weighted by Crippen LogP contribution is -2.39. The van der Waals surface area contributed by atoms with E-state index in [-0.39, 0.29) is 11.1 Å². The van der Waals surface area contributed by atoms with Crippen LogP contribution in [0.15, 0.2) is 35.3 Å². The number of fused-ring (bicyclic) bond motifs is 2. The molecule has 0 radical (unpaired) electrons. The molecule has 1 fully saturated rings. The average Bonchev–Trinajstić information content (AvgIpc) is 3.18. The smallest absolute Gasteiger partial charge is 0.119 e. The fourth-order valence-electron chi connectivity index (χ4n) is 3.87. The van der Waals surface area contributed by atoms with E-state index in [9.17, 15) is 0 Å². The number of aromatic nitrogens is 1. The molecule has 0 spiro atoms. The molecule has 2 unspecified atom stereocenters. The maximum absolute atomic E-state index is 5.69. The highest BCUT2D eigenvalue weighted by Gasteiger charge is 2.36. The van der Waals surface area contributed by atoms with Crippen molar-refractivity contribution in [1.82, 2.24) is 14.8 Å². The summed E-state index contributed by atoms with van der Waals surface area (Å²) in [5.41, 5.74) is 9.03. The van der Waals surface area contributed by atoms with Gasteiger partial charge in [-0.3, -0.25) is 14.8 Å². The molecule has 148 valence electrons. The first-order chi connectivity index (χ1) is 12.5. The molecule has 2 N–H and O–H groups in total. The van der Waals surface area contributed by atoms with Gasteiger partial charge in [-0.2, -0.15) is 0 Å². The Morgan fingerprint density at radius 3 is 2.19 bits per heavy atom. The van der Waals surface area contributed by atoms with E-state index < -0.39 is 0 Å². The first-order valence-electron chi connectivity index (χ1n) is 9.97. The number of hydrogen-bond donors (Lipinski definition) is 1. The first kappa shape index (κ1) is 20.0. The second-order valence-electron chi connectivity index (χ2n) is 9.94. The molecular weight excluding hydrogens is 334 g/mol. The Hall–Kier alpha value is -1.72. The number of aliphatic imine (C=N–C) groups is 1. The Balaban J connectivity index is 0.000000156. The number of hydrogen-bond acceptors (Lipinski definition) is 5. The van der Waals surface area contributed by atoms with Crippen LogP contribution in [0, 0.1) is 11.8 Å². The fraction of sp³-hybridized carbons (Fsp3) is 0.636. The van der Waals surface area contributed by atoms with Gasteiger partial charge in [0.15, 0.2) is 0 Å². The average molecular weight is 370 g/mol. The molecule has 2 atom stereocenters. The lowest BCUT2D eigenvalue weighted by atomic mass is 9.95. The molecule has 5 heteroatoms. The van der Waals surface area contributed by atoms with Crippen molar-refractivity contribution in [2.45, 2.75) is 65.7 Å². The van der Waals surface area contributed by atoms with Crippen LogP contribution in [-0.2, 0) is 13.1 Å². The molecule has 3 aliphatic rings. The van der Waals surface area contributed by atoms with Crippen LogP contribution in [0.4, 0.5) is 0 Å². The van der Waals surface area contributed by atoms with Crippen molar-refractivity contribution in [3.05, 3.63) is 41.5 Å². The molecule has 0 aliphatic carbocycles. The van der Waals surface area contributed by atoms with Crippen molar-refractivity contribution < 1.29 is 0 Å². The van der Waals surface area contributed by atoms with Gasteiger partial charge in [0.2, 0.25) is 0 Å². The third kappa shape index (κ3) is 4.77. The van der Waals surface area contributed by atoms with Crippen LogP contribution in [0.1, 0.15) is 52.7 Å². The zero-order valence-electron chi connectivity index (χ0n) is 17.7. The van der Waals surface area contributed by atoms with Gasteiger partial charge in [-0.15, -0.1) is 0 Å². The summed E-state index contributed by atoms with van der Waals surface area (Å²) in [6.45, 7) is 17.9. The highest BCUT2D eigenvalue weighted by molar-refractivity contribution is 5.65. The quantitative estimate of drug-likeness (QED) is 0.761. The van der Waals surface area contributed by atoms with E-state index in [2.05, 4.69) is 73.5 Å². The molecule has 3 aliphatic heterocycles. The number of nitrogens with zero attached hydrogens (tertiary/aromatic N) is 4. The summed E-state index contributed by atoms with van der Waals surface area (Å²) < 4.78 is 0. The first-order valence-corrected chi connectivity index (χ1v) is 9.97. The second kappa shape index (κ2) is 7.36. The number of nitrogens with two attached hydrogens (primary N) is 1. The predicted octanol–water partition coefficient (Wildman–Crippen LogP) is 3.41. The van der Waals surface area contributed by atoms with E-state index in [4.69, 9.17) is 5.73 Å². The van der Waals surface area contributed by atoms with Crippen molar-refractivity contribution in [3.63, 3.8) is 0 Å². The third-order valence-electron chi connectivity index (χ3n) is 5.84. The highest BCUT2D eigenvalue weighted by Crippen LogP contribution is 2.31. The summed E-state index contributed by atoms with van der Waals surface area (Å²) in [6, 6.07) is 2.13. The normalized spacial score (nSPS) is 25.5. The van der Waals surface area contributed by atoms with Crippen molar-refractivity contribution >= 4 is 6.21 Å². The van der Waals surface area contributed by atoms with Crippen LogP contribution in [0.25, 0.3) is 0 Å². The van der Waals surface area contributed by atoms with Crippen LogP contribution in [0.2, 0.25) is 0 Å². The summed E-state index contributed by atoms with van der Waals surface area (Å²) in [6.07, 6.45) is 7.99. The molecule has 1 aromatic heterocycles. The fourth-order valence-corrected chi connectivity index (χ4v) is 3.87. The minimum atomic E-state index is 0.258. The van der Waals surface area contributed by atoms with Crippen LogP contribution in [0.5, 0.6) is 0 Å². The molecule has 5 nitrogen and oxygen atoms in total. The Morgan fingerprint density at radius 1 is 0.926 bits per heavy atom. The van der Waals surface area contributed by atoms with Crippen LogP contribution in [-0.4, -0.2) is 45.2 Å². The molecule has 0 saturated carbocycles. The number of likely N-dealkylation sites (tertiary alicyclic amines) is 1. The lowest BCUT2D eigenvalue weighted by molar-refractivity contribution is 0.136. The zero-order valence-corrected chi connectivity index (χ0v) is 17.7. The molecule has 1 aromatic rings. The molecule has 4 rings (SSSR count). The van der Waals surface area contributed by atoms with Gasteiger partial charge in [-0.1, -0.05) is 0 Å². The Labute approximate surface area is 164 Å². The van der Waals surface area contributed by atoms with E-state index >= 15 is 0 Å². The van der Waals surface area contributed by atoms with Gasteiger partial charge in [0.1, 0.15) is 5.82 Å². The topological polar surface area (TPSA) is 57.8 Å². The third-order valence-corrected chi connectivity index (χ3v) is 5.84. The van der Waals surface area contributed by atoms with Crippen molar-refractivity contribution in [1.29, 1.82) is 0 Å². The van der Waals surface area contributed by atoms with Crippen LogP contribution < -0.4 is 5.73 Å². The van der Waals surface area contributed by atoms with Crippen LogP contribution in [0.3, 0.4) is 0 Å². The lowest BCUT2D eigenvalue weighted by Gasteiger charge is -2.31. The molecular formula is C22H35N5. The standard InChI is InChI=1S/C11H19N3.C11H16N2/c1-11(2,3)14-6-8-4-10(12)13-5-9(8)7-14;1-11(2,3)13-7-9-4-5-12-6-10(9)8-13/h4-5,8-9H,6-7,12H2,1-3H3;4-6H,7-8H2,1-3H3. The number of rotatable bonds is 0. The summed E-state index contributed by atoms with van der Waals surface area (Å²) >= 11 is 0. The van der Waals surface area contributed by atoms with Crippen molar-refractivity contribution in [3.8, 4) is 0 Å². The monoisotopic (exact) mass is 369 g/mol. The van der Waals surface area contributed by atoms with Gasteiger partial charge in [0.25, 0.3) is 0 Å². The predicted molar refractivity (Wildman–Crippen MR) is 112 cm³/mol.